The molecule has 2 aromatic carbocycles. The average Bonchev–Trinajstić information content (AvgIpc) is 2.57. The number of hydrogen-bond donors (Lipinski definition) is 1. The molecule has 0 fully saturated rings. The number of nitro groups is 1. The monoisotopic (exact) mass is 400 g/mol. The highest BCUT2D eigenvalue weighted by Gasteiger charge is 2.20. The molecule has 0 aliphatic rings. The van der Waals surface area contributed by atoms with Crippen LogP contribution in [0.4, 0.5) is 11.4 Å². The van der Waals surface area contributed by atoms with E-state index in [1.807, 2.05) is 0 Å². The molecular weight excluding hydrogens is 387 g/mol. The number of thioether (sulfide) groups is 1. The lowest BCUT2D eigenvalue weighted by molar-refractivity contribution is -0.384. The van der Waals surface area contributed by atoms with Crippen molar-refractivity contribution in [3.05, 3.63) is 56.6 Å². The Labute approximate surface area is 158 Å². The minimum atomic E-state index is -0.545. The summed E-state index contributed by atoms with van der Waals surface area (Å²) >= 11 is 13.4. The van der Waals surface area contributed by atoms with E-state index < -0.39 is 10.2 Å². The van der Waals surface area contributed by atoms with Crippen molar-refractivity contribution in [1.29, 1.82) is 0 Å². The zero-order chi connectivity index (χ0) is 18.6. The van der Waals surface area contributed by atoms with E-state index in [9.17, 15) is 14.9 Å². The molecular formula is C16H14Cl2N2O4S. The van der Waals surface area contributed by atoms with Crippen LogP contribution in [0.5, 0.6) is 5.75 Å². The van der Waals surface area contributed by atoms with Crippen LogP contribution in [-0.2, 0) is 4.79 Å². The highest BCUT2D eigenvalue weighted by atomic mass is 35.5. The minimum absolute atomic E-state index is 0.148. The number of carbonyl (C=O) groups excluding carboxylic acids is 1. The summed E-state index contributed by atoms with van der Waals surface area (Å²) in [5.74, 6) is -0.0355. The van der Waals surface area contributed by atoms with Crippen molar-refractivity contribution in [2.75, 3.05) is 12.4 Å². The van der Waals surface area contributed by atoms with E-state index in [4.69, 9.17) is 27.9 Å². The number of non-ortho nitro benzene ring substituents is 1. The Morgan fingerprint density at radius 2 is 1.92 bits per heavy atom. The van der Waals surface area contributed by atoms with Gasteiger partial charge in [-0.1, -0.05) is 29.3 Å². The summed E-state index contributed by atoms with van der Waals surface area (Å²) in [5, 5.41) is 13.9. The van der Waals surface area contributed by atoms with Crippen LogP contribution in [0.3, 0.4) is 0 Å². The van der Waals surface area contributed by atoms with Gasteiger partial charge in [0, 0.05) is 17.0 Å². The Bertz CT molecular complexity index is 796. The van der Waals surface area contributed by atoms with Crippen LogP contribution in [0.25, 0.3) is 0 Å². The number of nitrogens with zero attached hydrogens (tertiary/aromatic N) is 1. The van der Waals surface area contributed by atoms with Crippen LogP contribution >= 0.6 is 35.0 Å². The molecule has 0 saturated heterocycles. The minimum Gasteiger partial charge on any atom is -0.495 e. The second-order valence-corrected chi connectivity index (χ2v) is 7.11. The number of anilines is 1. The van der Waals surface area contributed by atoms with Crippen molar-refractivity contribution in [3.63, 3.8) is 0 Å². The molecule has 9 heteroatoms. The number of carbonyl (C=O) groups is 1. The molecule has 6 nitrogen and oxygen atoms in total. The van der Waals surface area contributed by atoms with E-state index in [1.54, 1.807) is 25.1 Å². The van der Waals surface area contributed by atoms with E-state index in [-0.39, 0.29) is 17.3 Å². The third kappa shape index (κ3) is 4.78. The number of nitro benzene ring substituents is 1. The number of amides is 1. The van der Waals surface area contributed by atoms with Crippen molar-refractivity contribution in [2.24, 2.45) is 0 Å². The number of nitrogens with one attached hydrogen (secondary N) is 1. The van der Waals surface area contributed by atoms with Crippen molar-refractivity contribution in [3.8, 4) is 5.75 Å². The maximum atomic E-state index is 12.4. The van der Waals surface area contributed by atoms with E-state index in [1.165, 1.54) is 37.1 Å². The van der Waals surface area contributed by atoms with Gasteiger partial charge in [0.1, 0.15) is 5.75 Å². The standard InChI is InChI=1S/C16H14Cl2N2O4S/c1-9(25-15-11(17)4-3-5-12(15)18)16(21)19-13-8-10(20(22)23)6-7-14(13)24-2/h3-9H,1-2H3,(H,19,21)/t9-/m1/s1. The third-order valence-corrected chi connectivity index (χ3v) is 5.33. The zero-order valence-corrected chi connectivity index (χ0v) is 15.6. The second kappa shape index (κ2) is 8.42. The fraction of sp³-hybridized carbons (Fsp3) is 0.188. The number of ether oxygens (including phenoxy) is 1. The Morgan fingerprint density at radius 3 is 2.48 bits per heavy atom. The topological polar surface area (TPSA) is 81.5 Å². The van der Waals surface area contributed by atoms with E-state index in [0.29, 0.717) is 20.7 Å². The third-order valence-electron chi connectivity index (χ3n) is 3.23. The van der Waals surface area contributed by atoms with Crippen molar-refractivity contribution in [1.82, 2.24) is 0 Å². The molecule has 0 unspecified atom stereocenters. The summed E-state index contributed by atoms with van der Waals surface area (Å²) in [6.45, 7) is 1.68. The first kappa shape index (κ1) is 19.4. The molecule has 0 aromatic heterocycles. The first-order valence-electron chi connectivity index (χ1n) is 7.07. The van der Waals surface area contributed by atoms with Gasteiger partial charge >= 0.3 is 0 Å². The van der Waals surface area contributed by atoms with Crippen molar-refractivity contribution < 1.29 is 14.5 Å². The van der Waals surface area contributed by atoms with Crippen molar-refractivity contribution >= 4 is 52.2 Å². The maximum Gasteiger partial charge on any atom is 0.271 e. The number of rotatable bonds is 6. The van der Waals surface area contributed by atoms with E-state index in [0.717, 1.165) is 0 Å². The van der Waals surface area contributed by atoms with Crippen LogP contribution in [0.15, 0.2) is 41.3 Å². The van der Waals surface area contributed by atoms with Gasteiger partial charge in [-0.2, -0.15) is 0 Å². The zero-order valence-electron chi connectivity index (χ0n) is 13.3. The van der Waals surface area contributed by atoms with Gasteiger partial charge in [-0.25, -0.2) is 0 Å². The summed E-state index contributed by atoms with van der Waals surface area (Å²) in [6, 6.07) is 9.06. The fourth-order valence-corrected chi connectivity index (χ4v) is 3.51. The molecule has 0 aliphatic heterocycles. The lowest BCUT2D eigenvalue weighted by Crippen LogP contribution is -2.22. The molecule has 1 amide bonds. The Kier molecular flexibility index (Phi) is 6.52. The number of methoxy groups -OCH3 is 1. The van der Waals surface area contributed by atoms with Crippen LogP contribution in [0, 0.1) is 10.1 Å². The molecule has 0 bridgehead atoms. The molecule has 1 atom stereocenters. The second-order valence-electron chi connectivity index (χ2n) is 4.94. The van der Waals surface area contributed by atoms with Crippen LogP contribution in [-0.4, -0.2) is 23.2 Å². The first-order chi connectivity index (χ1) is 11.8. The predicted octanol–water partition coefficient (Wildman–Crippen LogP) is 5.03. The van der Waals surface area contributed by atoms with Gasteiger partial charge in [0.15, 0.2) is 0 Å². The maximum absolute atomic E-state index is 12.4. The van der Waals surface area contributed by atoms with Crippen LogP contribution in [0.2, 0.25) is 10.0 Å². The number of benzene rings is 2. The van der Waals surface area contributed by atoms with E-state index >= 15 is 0 Å². The SMILES string of the molecule is COc1ccc([N+](=O)[O-])cc1NC(=O)[C@@H](C)Sc1c(Cl)cccc1Cl. The molecule has 0 saturated carbocycles. The van der Waals surface area contributed by atoms with Gasteiger partial charge in [0.25, 0.3) is 5.69 Å². The summed E-state index contributed by atoms with van der Waals surface area (Å²) < 4.78 is 5.13. The molecule has 1 N–H and O–H groups in total. The first-order valence-corrected chi connectivity index (χ1v) is 8.71. The van der Waals surface area contributed by atoms with Gasteiger partial charge < -0.3 is 10.1 Å². The van der Waals surface area contributed by atoms with Gasteiger partial charge in [0.2, 0.25) is 5.91 Å². The smallest absolute Gasteiger partial charge is 0.271 e. The van der Waals surface area contributed by atoms with Gasteiger partial charge in [0.05, 0.1) is 33.0 Å². The molecule has 25 heavy (non-hydrogen) atoms. The van der Waals surface area contributed by atoms with Gasteiger partial charge in [-0.05, 0) is 25.1 Å². The average molecular weight is 401 g/mol. The molecule has 0 radical (unpaired) electrons. The molecule has 0 aliphatic carbocycles. The number of halogens is 2. The molecule has 132 valence electrons. The van der Waals surface area contributed by atoms with Crippen LogP contribution < -0.4 is 10.1 Å². The molecule has 2 rings (SSSR count). The Morgan fingerprint density at radius 1 is 1.28 bits per heavy atom. The van der Waals surface area contributed by atoms with Crippen LogP contribution in [0.1, 0.15) is 6.92 Å². The number of hydrogen-bond acceptors (Lipinski definition) is 5. The fourth-order valence-electron chi connectivity index (χ4n) is 1.97. The largest absolute Gasteiger partial charge is 0.495 e. The quantitative estimate of drug-likeness (QED) is 0.417. The highest BCUT2D eigenvalue weighted by Crippen LogP contribution is 2.37. The molecule has 0 spiro atoms. The Balaban J connectivity index is 2.18. The lowest BCUT2D eigenvalue weighted by atomic mass is 10.2. The highest BCUT2D eigenvalue weighted by molar-refractivity contribution is 8.00. The molecule has 2 aromatic rings. The van der Waals surface area contributed by atoms with E-state index in [2.05, 4.69) is 5.32 Å². The normalized spacial score (nSPS) is 11.7. The summed E-state index contributed by atoms with van der Waals surface area (Å²) in [6.07, 6.45) is 0. The molecule has 0 heterocycles. The van der Waals surface area contributed by atoms with Gasteiger partial charge in [-0.15, -0.1) is 11.8 Å². The summed E-state index contributed by atoms with van der Waals surface area (Å²) in [4.78, 5) is 23.4. The predicted molar refractivity (Wildman–Crippen MR) is 100 cm³/mol. The Hall–Kier alpha value is -1.96. The van der Waals surface area contributed by atoms with Crippen molar-refractivity contribution in [2.45, 2.75) is 17.1 Å². The summed E-state index contributed by atoms with van der Waals surface area (Å²) in [5.41, 5.74) is 0.0740. The lowest BCUT2D eigenvalue weighted by Gasteiger charge is -2.15. The summed E-state index contributed by atoms with van der Waals surface area (Å²) in [7, 11) is 1.42. The van der Waals surface area contributed by atoms with Gasteiger partial charge in [-0.3, -0.25) is 14.9 Å².